The number of ether oxygens (including phenoxy) is 1. The van der Waals surface area contributed by atoms with Crippen LogP contribution in [0.3, 0.4) is 0 Å². The van der Waals surface area contributed by atoms with E-state index in [1.807, 2.05) is 24.3 Å². The number of carbonyl (C=O) groups is 1. The van der Waals surface area contributed by atoms with Gasteiger partial charge in [-0.05, 0) is 42.4 Å². The number of carboxylic acids is 1. The summed E-state index contributed by atoms with van der Waals surface area (Å²) in [5.41, 5.74) is 5.92. The predicted octanol–water partition coefficient (Wildman–Crippen LogP) is 2.38. The molecular formula is C15H21NO3. The zero-order valence-electron chi connectivity index (χ0n) is 11.4. The molecule has 4 heteroatoms. The lowest BCUT2D eigenvalue weighted by Gasteiger charge is -2.24. The summed E-state index contributed by atoms with van der Waals surface area (Å²) in [4.78, 5) is 11.3. The number of nitrogens with two attached hydrogens (primary N) is 1. The molecule has 19 heavy (non-hydrogen) atoms. The molecule has 0 radical (unpaired) electrons. The van der Waals surface area contributed by atoms with Crippen LogP contribution in [0, 0.1) is 5.92 Å². The number of carboxylic acid groups (broad SMARTS) is 1. The second-order valence-corrected chi connectivity index (χ2v) is 5.63. The summed E-state index contributed by atoms with van der Waals surface area (Å²) in [7, 11) is 0. The van der Waals surface area contributed by atoms with E-state index in [9.17, 15) is 9.90 Å². The van der Waals surface area contributed by atoms with Gasteiger partial charge in [-0.1, -0.05) is 26.0 Å². The third-order valence-electron chi connectivity index (χ3n) is 3.73. The van der Waals surface area contributed by atoms with Crippen LogP contribution in [-0.4, -0.2) is 23.2 Å². The van der Waals surface area contributed by atoms with Crippen LogP contribution < -0.4 is 10.5 Å². The third kappa shape index (κ3) is 3.07. The van der Waals surface area contributed by atoms with Crippen molar-refractivity contribution in [2.75, 3.05) is 6.61 Å². The lowest BCUT2D eigenvalue weighted by molar-refractivity contribution is -0.145. The average molecular weight is 263 g/mol. The molecule has 0 amide bonds. The SMILES string of the molecule is CC(C)c1ccc(OCC(N)(C(=O)O)C2CC2)cc1. The molecule has 0 spiro atoms. The van der Waals surface area contributed by atoms with Crippen molar-refractivity contribution in [1.82, 2.24) is 0 Å². The van der Waals surface area contributed by atoms with E-state index >= 15 is 0 Å². The molecule has 0 aliphatic heterocycles. The lowest BCUT2D eigenvalue weighted by Crippen LogP contribution is -2.54. The fraction of sp³-hybridized carbons (Fsp3) is 0.533. The summed E-state index contributed by atoms with van der Waals surface area (Å²) < 4.78 is 5.56. The molecule has 1 atom stereocenters. The smallest absolute Gasteiger partial charge is 0.327 e. The molecule has 0 heterocycles. The van der Waals surface area contributed by atoms with Crippen molar-refractivity contribution in [3.8, 4) is 5.75 Å². The van der Waals surface area contributed by atoms with E-state index in [1.165, 1.54) is 5.56 Å². The van der Waals surface area contributed by atoms with Crippen LogP contribution in [0.25, 0.3) is 0 Å². The van der Waals surface area contributed by atoms with Gasteiger partial charge in [0.15, 0.2) is 5.54 Å². The first-order valence-corrected chi connectivity index (χ1v) is 6.68. The predicted molar refractivity (Wildman–Crippen MR) is 73.3 cm³/mol. The molecule has 1 saturated carbocycles. The number of aliphatic carboxylic acids is 1. The molecule has 4 nitrogen and oxygen atoms in total. The molecule has 0 bridgehead atoms. The molecule has 3 N–H and O–H groups in total. The van der Waals surface area contributed by atoms with Crippen molar-refractivity contribution < 1.29 is 14.6 Å². The number of hydrogen-bond acceptors (Lipinski definition) is 3. The molecule has 104 valence electrons. The van der Waals surface area contributed by atoms with Crippen LogP contribution in [-0.2, 0) is 4.79 Å². The van der Waals surface area contributed by atoms with Crippen molar-refractivity contribution in [3.05, 3.63) is 29.8 Å². The molecule has 1 aromatic carbocycles. The Bertz CT molecular complexity index is 451. The van der Waals surface area contributed by atoms with E-state index in [4.69, 9.17) is 10.5 Å². The quantitative estimate of drug-likeness (QED) is 0.826. The highest BCUT2D eigenvalue weighted by atomic mass is 16.5. The summed E-state index contributed by atoms with van der Waals surface area (Å²) in [5.74, 6) is 0.197. The summed E-state index contributed by atoms with van der Waals surface area (Å²) in [6.45, 7) is 4.27. The van der Waals surface area contributed by atoms with Crippen LogP contribution >= 0.6 is 0 Å². The van der Waals surface area contributed by atoms with Gasteiger partial charge in [-0.3, -0.25) is 4.79 Å². The average Bonchev–Trinajstić information content (AvgIpc) is 3.20. The van der Waals surface area contributed by atoms with E-state index in [0.717, 1.165) is 12.8 Å². The second-order valence-electron chi connectivity index (χ2n) is 5.63. The number of rotatable bonds is 6. The monoisotopic (exact) mass is 263 g/mol. The Morgan fingerprint density at radius 2 is 2.00 bits per heavy atom. The molecule has 1 aliphatic rings. The van der Waals surface area contributed by atoms with Gasteiger partial charge in [-0.2, -0.15) is 0 Å². The van der Waals surface area contributed by atoms with E-state index in [0.29, 0.717) is 11.7 Å². The van der Waals surface area contributed by atoms with Gasteiger partial charge in [0, 0.05) is 0 Å². The minimum absolute atomic E-state index is 0.0219. The van der Waals surface area contributed by atoms with Crippen molar-refractivity contribution in [1.29, 1.82) is 0 Å². The van der Waals surface area contributed by atoms with Crippen molar-refractivity contribution >= 4 is 5.97 Å². The molecule has 2 rings (SSSR count). The molecule has 0 saturated heterocycles. The zero-order valence-corrected chi connectivity index (χ0v) is 11.4. The maximum Gasteiger partial charge on any atom is 0.327 e. The fourth-order valence-corrected chi connectivity index (χ4v) is 2.10. The van der Waals surface area contributed by atoms with Gasteiger partial charge in [0.2, 0.25) is 0 Å². The van der Waals surface area contributed by atoms with E-state index in [1.54, 1.807) is 0 Å². The summed E-state index contributed by atoms with van der Waals surface area (Å²) in [5, 5.41) is 9.23. The van der Waals surface area contributed by atoms with Gasteiger partial charge < -0.3 is 15.6 Å². The Morgan fingerprint density at radius 1 is 1.42 bits per heavy atom. The van der Waals surface area contributed by atoms with E-state index < -0.39 is 11.5 Å². The highest BCUT2D eigenvalue weighted by Gasteiger charge is 2.49. The van der Waals surface area contributed by atoms with Crippen molar-refractivity contribution in [2.24, 2.45) is 11.7 Å². The van der Waals surface area contributed by atoms with Gasteiger partial charge in [0.25, 0.3) is 0 Å². The maximum absolute atomic E-state index is 11.3. The van der Waals surface area contributed by atoms with Crippen LogP contribution in [0.15, 0.2) is 24.3 Å². The van der Waals surface area contributed by atoms with Crippen LogP contribution in [0.4, 0.5) is 0 Å². The molecule has 1 aromatic rings. The largest absolute Gasteiger partial charge is 0.491 e. The first-order valence-electron chi connectivity index (χ1n) is 6.68. The Hall–Kier alpha value is -1.55. The van der Waals surface area contributed by atoms with Gasteiger partial charge in [0.05, 0.1) is 0 Å². The first-order chi connectivity index (χ1) is 8.93. The Morgan fingerprint density at radius 3 is 2.42 bits per heavy atom. The Labute approximate surface area is 113 Å². The number of hydrogen-bond donors (Lipinski definition) is 2. The lowest BCUT2D eigenvalue weighted by atomic mass is 9.96. The minimum Gasteiger partial charge on any atom is -0.491 e. The normalized spacial score (nSPS) is 18.1. The van der Waals surface area contributed by atoms with Gasteiger partial charge in [-0.25, -0.2) is 0 Å². The van der Waals surface area contributed by atoms with E-state index in [2.05, 4.69) is 13.8 Å². The highest BCUT2D eigenvalue weighted by Crippen LogP contribution is 2.38. The molecule has 1 unspecified atom stereocenters. The maximum atomic E-state index is 11.3. The Kier molecular flexibility index (Phi) is 3.80. The first kappa shape index (κ1) is 13.9. The van der Waals surface area contributed by atoms with Gasteiger partial charge in [0.1, 0.15) is 12.4 Å². The Balaban J connectivity index is 1.99. The molecule has 1 aliphatic carbocycles. The zero-order chi connectivity index (χ0) is 14.0. The summed E-state index contributed by atoms with van der Waals surface area (Å²) >= 11 is 0. The third-order valence-corrected chi connectivity index (χ3v) is 3.73. The molecule has 0 aromatic heterocycles. The van der Waals surface area contributed by atoms with Crippen LogP contribution in [0.1, 0.15) is 38.2 Å². The standard InChI is InChI=1S/C15H21NO3/c1-10(2)11-3-7-13(8-4-11)19-9-15(16,14(17)18)12-5-6-12/h3-4,7-8,10,12H,5-6,9,16H2,1-2H3,(H,17,18). The van der Waals surface area contributed by atoms with Crippen molar-refractivity contribution in [3.63, 3.8) is 0 Å². The highest BCUT2D eigenvalue weighted by molar-refractivity contribution is 5.79. The number of benzene rings is 1. The minimum atomic E-state index is -1.25. The summed E-state index contributed by atoms with van der Waals surface area (Å²) in [6, 6.07) is 7.72. The van der Waals surface area contributed by atoms with Crippen molar-refractivity contribution in [2.45, 2.75) is 38.1 Å². The topological polar surface area (TPSA) is 72.5 Å². The fourth-order valence-electron chi connectivity index (χ4n) is 2.10. The van der Waals surface area contributed by atoms with Crippen LogP contribution in [0.2, 0.25) is 0 Å². The molecular weight excluding hydrogens is 242 g/mol. The van der Waals surface area contributed by atoms with Gasteiger partial charge in [-0.15, -0.1) is 0 Å². The van der Waals surface area contributed by atoms with E-state index in [-0.39, 0.29) is 12.5 Å². The second kappa shape index (κ2) is 5.21. The van der Waals surface area contributed by atoms with Crippen LogP contribution in [0.5, 0.6) is 5.75 Å². The van der Waals surface area contributed by atoms with Gasteiger partial charge >= 0.3 is 5.97 Å². The molecule has 1 fully saturated rings. The summed E-state index contributed by atoms with van der Waals surface area (Å²) in [6.07, 6.45) is 1.75.